The SMILES string of the molecule is CC/C=C\C/C=C\C/C=C\C/C=C\C/C=C\C/C=C\CCCCCCCCCCCCCCCCCCC(=O)OCC(COC(=O)CCCCCCCCCCCC)OC(=O)CCCCCCC/C=C\CCCCC. The number of esters is 3. The second-order valence-corrected chi connectivity index (χ2v) is 21.3. The van der Waals surface area contributed by atoms with E-state index in [1.807, 2.05) is 0 Å². The first-order valence-electron chi connectivity index (χ1n) is 32.1. The van der Waals surface area contributed by atoms with Crippen molar-refractivity contribution in [1.82, 2.24) is 0 Å². The van der Waals surface area contributed by atoms with Crippen molar-refractivity contribution < 1.29 is 28.6 Å². The van der Waals surface area contributed by atoms with E-state index in [1.165, 1.54) is 167 Å². The fourth-order valence-electron chi connectivity index (χ4n) is 9.09. The van der Waals surface area contributed by atoms with Crippen molar-refractivity contribution in [1.29, 1.82) is 0 Å². The molecule has 0 aliphatic carbocycles. The molecule has 0 aliphatic heterocycles. The Labute approximate surface area is 465 Å². The first-order valence-corrected chi connectivity index (χ1v) is 32.1. The minimum Gasteiger partial charge on any atom is -0.462 e. The Balaban J connectivity index is 4.03. The Morgan fingerprint density at radius 2 is 0.520 bits per heavy atom. The summed E-state index contributed by atoms with van der Waals surface area (Å²) >= 11 is 0. The molecule has 0 saturated carbocycles. The van der Waals surface area contributed by atoms with Crippen LogP contribution in [-0.4, -0.2) is 37.2 Å². The summed E-state index contributed by atoms with van der Waals surface area (Å²) in [4.78, 5) is 38.1. The zero-order valence-corrected chi connectivity index (χ0v) is 49.6. The zero-order valence-electron chi connectivity index (χ0n) is 49.6. The molecule has 1 atom stereocenters. The summed E-state index contributed by atoms with van der Waals surface area (Å²) in [7, 11) is 0. The summed E-state index contributed by atoms with van der Waals surface area (Å²) in [6.07, 6.45) is 83.3. The molecule has 0 N–H and O–H groups in total. The van der Waals surface area contributed by atoms with E-state index in [4.69, 9.17) is 14.2 Å². The molecule has 0 amide bonds. The molecule has 0 aromatic rings. The largest absolute Gasteiger partial charge is 0.462 e. The number of carbonyl (C=O) groups is 3. The Hall–Kier alpha value is -3.41. The van der Waals surface area contributed by atoms with E-state index in [2.05, 4.69) is 106 Å². The predicted molar refractivity (Wildman–Crippen MR) is 325 cm³/mol. The lowest BCUT2D eigenvalue weighted by Crippen LogP contribution is -2.30. The zero-order chi connectivity index (χ0) is 54.3. The van der Waals surface area contributed by atoms with E-state index in [0.29, 0.717) is 19.3 Å². The highest BCUT2D eigenvalue weighted by Gasteiger charge is 2.19. The molecule has 0 bridgehead atoms. The second kappa shape index (κ2) is 63.1. The minimum absolute atomic E-state index is 0.0745. The van der Waals surface area contributed by atoms with Crippen LogP contribution in [0.1, 0.15) is 316 Å². The fraction of sp³-hybridized carbons (Fsp3) is 0.754. The number of rotatable bonds is 58. The monoisotopic (exact) mass is 1040 g/mol. The molecule has 0 radical (unpaired) electrons. The molecule has 0 rings (SSSR count). The first-order chi connectivity index (χ1) is 37.0. The Morgan fingerprint density at radius 3 is 0.853 bits per heavy atom. The maximum absolute atomic E-state index is 12.8. The predicted octanol–water partition coefficient (Wildman–Crippen LogP) is 21.9. The van der Waals surface area contributed by atoms with E-state index in [1.54, 1.807) is 0 Å². The van der Waals surface area contributed by atoms with Crippen LogP contribution in [0.5, 0.6) is 0 Å². The molecule has 0 heterocycles. The van der Waals surface area contributed by atoms with Gasteiger partial charge in [0.05, 0.1) is 0 Å². The summed E-state index contributed by atoms with van der Waals surface area (Å²) in [6, 6.07) is 0. The van der Waals surface area contributed by atoms with E-state index in [0.717, 1.165) is 109 Å². The van der Waals surface area contributed by atoms with Crippen molar-refractivity contribution in [2.45, 2.75) is 322 Å². The molecule has 0 aromatic carbocycles. The molecule has 75 heavy (non-hydrogen) atoms. The maximum Gasteiger partial charge on any atom is 0.306 e. The van der Waals surface area contributed by atoms with Gasteiger partial charge in [-0.2, -0.15) is 0 Å². The Bertz CT molecular complexity index is 1430. The van der Waals surface area contributed by atoms with Crippen molar-refractivity contribution in [2.75, 3.05) is 13.2 Å². The van der Waals surface area contributed by atoms with Gasteiger partial charge in [-0.25, -0.2) is 0 Å². The van der Waals surface area contributed by atoms with Crippen LogP contribution in [-0.2, 0) is 28.6 Å². The summed E-state index contributed by atoms with van der Waals surface area (Å²) in [5, 5.41) is 0. The third-order valence-electron chi connectivity index (χ3n) is 13.9. The summed E-state index contributed by atoms with van der Waals surface area (Å²) in [5.74, 6) is -0.874. The standard InChI is InChI=1S/C69H120O6/c1-4-7-10-13-16-19-22-24-25-26-27-28-29-30-31-32-33-34-35-36-37-38-39-40-41-42-43-44-45-46-48-50-53-56-59-62-68(71)74-65-66(64-73-67(70)61-58-55-52-49-21-18-15-12-9-6-3)75-69(72)63-60-57-54-51-47-23-20-17-14-11-8-5-2/h7,10,16-17,19-20,24-25,27-28,30-31,33-34,66H,4-6,8-9,11-15,18,21-23,26,29,32,35-65H2,1-3H3/b10-7-,19-16-,20-17-,25-24-,28-27-,31-30-,34-33-. The van der Waals surface area contributed by atoms with Gasteiger partial charge in [0.15, 0.2) is 6.10 Å². The van der Waals surface area contributed by atoms with Crippen molar-refractivity contribution in [2.24, 2.45) is 0 Å². The molecular formula is C69H120O6. The smallest absolute Gasteiger partial charge is 0.306 e. The molecule has 0 fully saturated rings. The summed E-state index contributed by atoms with van der Waals surface area (Å²) in [5.41, 5.74) is 0. The topological polar surface area (TPSA) is 78.9 Å². The number of allylic oxidation sites excluding steroid dienone is 14. The quantitative estimate of drug-likeness (QED) is 0.0261. The van der Waals surface area contributed by atoms with E-state index >= 15 is 0 Å². The third kappa shape index (κ3) is 61.3. The van der Waals surface area contributed by atoms with Crippen LogP contribution in [0.3, 0.4) is 0 Å². The molecule has 6 heteroatoms. The lowest BCUT2D eigenvalue weighted by atomic mass is 10.0. The molecule has 432 valence electrons. The second-order valence-electron chi connectivity index (χ2n) is 21.3. The maximum atomic E-state index is 12.8. The van der Waals surface area contributed by atoms with Gasteiger partial charge in [-0.05, 0) is 96.3 Å². The summed E-state index contributed by atoms with van der Waals surface area (Å²) in [6.45, 7) is 6.50. The Morgan fingerprint density at radius 1 is 0.280 bits per heavy atom. The van der Waals surface area contributed by atoms with Crippen LogP contribution in [0.4, 0.5) is 0 Å². The average Bonchev–Trinajstić information content (AvgIpc) is 3.41. The van der Waals surface area contributed by atoms with Crippen LogP contribution in [0.2, 0.25) is 0 Å². The van der Waals surface area contributed by atoms with Gasteiger partial charge in [-0.15, -0.1) is 0 Å². The van der Waals surface area contributed by atoms with Gasteiger partial charge in [-0.3, -0.25) is 14.4 Å². The van der Waals surface area contributed by atoms with Gasteiger partial charge in [0.25, 0.3) is 0 Å². The minimum atomic E-state index is -0.775. The van der Waals surface area contributed by atoms with Crippen molar-refractivity contribution in [3.63, 3.8) is 0 Å². The van der Waals surface area contributed by atoms with Gasteiger partial charge < -0.3 is 14.2 Å². The Kier molecular flexibility index (Phi) is 60.3. The van der Waals surface area contributed by atoms with Crippen LogP contribution in [0, 0.1) is 0 Å². The number of unbranched alkanes of at least 4 members (excludes halogenated alkanes) is 33. The highest BCUT2D eigenvalue weighted by Crippen LogP contribution is 2.17. The molecular weight excluding hydrogens is 925 g/mol. The third-order valence-corrected chi connectivity index (χ3v) is 13.9. The highest BCUT2D eigenvalue weighted by molar-refractivity contribution is 5.71. The normalized spacial score (nSPS) is 12.6. The number of hydrogen-bond acceptors (Lipinski definition) is 6. The van der Waals surface area contributed by atoms with Crippen molar-refractivity contribution in [3.8, 4) is 0 Å². The average molecular weight is 1050 g/mol. The van der Waals surface area contributed by atoms with Gasteiger partial charge in [0.1, 0.15) is 13.2 Å². The van der Waals surface area contributed by atoms with Gasteiger partial charge in [0, 0.05) is 19.3 Å². The number of ether oxygens (including phenoxy) is 3. The van der Waals surface area contributed by atoms with E-state index < -0.39 is 6.10 Å². The number of carbonyl (C=O) groups excluding carboxylic acids is 3. The molecule has 0 aliphatic rings. The lowest BCUT2D eigenvalue weighted by Gasteiger charge is -2.18. The molecule has 0 spiro atoms. The summed E-state index contributed by atoms with van der Waals surface area (Å²) < 4.78 is 16.8. The van der Waals surface area contributed by atoms with Gasteiger partial charge >= 0.3 is 17.9 Å². The van der Waals surface area contributed by atoms with Crippen LogP contribution in [0.25, 0.3) is 0 Å². The molecule has 6 nitrogen and oxygen atoms in total. The molecule has 0 saturated heterocycles. The number of hydrogen-bond donors (Lipinski definition) is 0. The first kappa shape index (κ1) is 71.6. The van der Waals surface area contributed by atoms with Crippen molar-refractivity contribution in [3.05, 3.63) is 85.1 Å². The van der Waals surface area contributed by atoms with Crippen LogP contribution < -0.4 is 0 Å². The molecule has 1 unspecified atom stereocenters. The van der Waals surface area contributed by atoms with E-state index in [9.17, 15) is 14.4 Å². The van der Waals surface area contributed by atoms with Gasteiger partial charge in [0.2, 0.25) is 0 Å². The van der Waals surface area contributed by atoms with Crippen LogP contribution in [0.15, 0.2) is 85.1 Å². The van der Waals surface area contributed by atoms with Gasteiger partial charge in [-0.1, -0.05) is 286 Å². The fourth-order valence-corrected chi connectivity index (χ4v) is 9.09. The highest BCUT2D eigenvalue weighted by atomic mass is 16.6. The van der Waals surface area contributed by atoms with Crippen molar-refractivity contribution >= 4 is 17.9 Å². The van der Waals surface area contributed by atoms with Crippen LogP contribution >= 0.6 is 0 Å². The molecule has 0 aromatic heterocycles. The van der Waals surface area contributed by atoms with E-state index in [-0.39, 0.29) is 31.1 Å². The lowest BCUT2D eigenvalue weighted by molar-refractivity contribution is -0.167.